The van der Waals surface area contributed by atoms with Crippen molar-refractivity contribution in [3.8, 4) is 0 Å². The predicted molar refractivity (Wildman–Crippen MR) is 105 cm³/mol. The van der Waals surface area contributed by atoms with E-state index in [0.717, 1.165) is 6.61 Å². The third-order valence-electron chi connectivity index (χ3n) is 5.59. The van der Waals surface area contributed by atoms with Gasteiger partial charge >= 0.3 is 0 Å². The van der Waals surface area contributed by atoms with Crippen LogP contribution in [0.15, 0.2) is 60.7 Å². The summed E-state index contributed by atoms with van der Waals surface area (Å²) in [7, 11) is 0.0416. The van der Waals surface area contributed by atoms with E-state index in [9.17, 15) is 0 Å². The van der Waals surface area contributed by atoms with Crippen molar-refractivity contribution in [1.82, 2.24) is 4.90 Å². The van der Waals surface area contributed by atoms with Crippen LogP contribution in [0, 0.1) is 0 Å². The molecule has 2 aromatic rings. The van der Waals surface area contributed by atoms with Crippen LogP contribution in [0.5, 0.6) is 0 Å². The molecule has 1 aliphatic rings. The van der Waals surface area contributed by atoms with Gasteiger partial charge < -0.3 is 9.64 Å². The molecule has 3 heteroatoms. The van der Waals surface area contributed by atoms with Gasteiger partial charge in [-0.1, -0.05) is 84.0 Å². The van der Waals surface area contributed by atoms with Crippen LogP contribution in [0.4, 0.5) is 0 Å². The number of ether oxygens (including phenoxy) is 1. The standard InChI is InChI=1S/C21H29NOSi/c1-3-24(20-12-6-4-7-13-20,21-14-8-5-9-15-21)18-22-16-10-11-19(22)17-23-2/h4-9,12-15,19H,3,10-11,16-18H2,1-2H3/t19-/m0/s1. The Morgan fingerprint density at radius 1 is 1.00 bits per heavy atom. The Labute approximate surface area is 147 Å². The molecular weight excluding hydrogens is 310 g/mol. The number of likely N-dealkylation sites (tertiary alicyclic amines) is 1. The molecule has 0 aromatic heterocycles. The Morgan fingerprint density at radius 3 is 2.08 bits per heavy atom. The number of nitrogens with zero attached hydrogens (tertiary/aromatic N) is 1. The Morgan fingerprint density at radius 2 is 1.58 bits per heavy atom. The zero-order chi connectivity index (χ0) is 16.8. The number of rotatable bonds is 7. The van der Waals surface area contributed by atoms with E-state index in [2.05, 4.69) is 72.5 Å². The fourth-order valence-electron chi connectivity index (χ4n) is 4.21. The van der Waals surface area contributed by atoms with Crippen molar-refractivity contribution in [2.45, 2.75) is 31.9 Å². The number of hydrogen-bond donors (Lipinski definition) is 0. The fraction of sp³-hybridized carbons (Fsp3) is 0.429. The number of methoxy groups -OCH3 is 1. The quantitative estimate of drug-likeness (QED) is 0.719. The summed E-state index contributed by atoms with van der Waals surface area (Å²) in [6, 6.07) is 24.3. The van der Waals surface area contributed by atoms with E-state index in [1.54, 1.807) is 10.4 Å². The molecule has 1 heterocycles. The minimum atomic E-state index is -1.79. The minimum Gasteiger partial charge on any atom is -0.383 e. The lowest BCUT2D eigenvalue weighted by Crippen LogP contribution is -2.65. The van der Waals surface area contributed by atoms with Crippen LogP contribution >= 0.6 is 0 Å². The molecule has 2 nitrogen and oxygen atoms in total. The first kappa shape index (κ1) is 17.4. The van der Waals surface area contributed by atoms with Crippen molar-refractivity contribution in [3.63, 3.8) is 0 Å². The topological polar surface area (TPSA) is 12.5 Å². The molecule has 0 bridgehead atoms. The molecule has 0 saturated carbocycles. The zero-order valence-electron chi connectivity index (χ0n) is 14.9. The summed E-state index contributed by atoms with van der Waals surface area (Å²) in [4.78, 5) is 2.71. The number of hydrogen-bond acceptors (Lipinski definition) is 2. The van der Waals surface area contributed by atoms with Crippen molar-refractivity contribution in [2.24, 2.45) is 0 Å². The summed E-state index contributed by atoms with van der Waals surface area (Å²) in [5.41, 5.74) is 0. The van der Waals surface area contributed by atoms with Crippen LogP contribution in [0.2, 0.25) is 6.04 Å². The highest BCUT2D eigenvalue weighted by Gasteiger charge is 2.39. The van der Waals surface area contributed by atoms with Gasteiger partial charge in [0.05, 0.1) is 6.61 Å². The molecule has 1 atom stereocenters. The Balaban J connectivity index is 1.99. The van der Waals surface area contributed by atoms with E-state index in [1.165, 1.54) is 31.6 Å². The van der Waals surface area contributed by atoms with Crippen LogP contribution in [0.3, 0.4) is 0 Å². The second-order valence-electron chi connectivity index (χ2n) is 6.89. The monoisotopic (exact) mass is 339 g/mol. The SMILES string of the molecule is CC[Si](CN1CCC[C@H]1COC)(c1ccccc1)c1ccccc1. The molecular formula is C21H29NOSi. The second kappa shape index (κ2) is 8.10. The number of benzene rings is 2. The van der Waals surface area contributed by atoms with Crippen molar-refractivity contribution in [3.05, 3.63) is 60.7 Å². The van der Waals surface area contributed by atoms with Gasteiger partial charge in [0.2, 0.25) is 0 Å². The lowest BCUT2D eigenvalue weighted by molar-refractivity contribution is 0.124. The molecule has 2 aromatic carbocycles. The molecule has 0 radical (unpaired) electrons. The molecule has 0 amide bonds. The summed E-state index contributed by atoms with van der Waals surface area (Å²) >= 11 is 0. The molecule has 0 N–H and O–H groups in total. The van der Waals surface area contributed by atoms with Crippen LogP contribution in [-0.2, 0) is 4.74 Å². The average molecular weight is 340 g/mol. The van der Waals surface area contributed by atoms with E-state index in [0.29, 0.717) is 6.04 Å². The predicted octanol–water partition coefficient (Wildman–Crippen LogP) is 2.92. The van der Waals surface area contributed by atoms with Gasteiger partial charge in [0.15, 0.2) is 0 Å². The Hall–Kier alpha value is -1.42. The maximum atomic E-state index is 5.49. The molecule has 0 spiro atoms. The highest BCUT2D eigenvalue weighted by atomic mass is 28.3. The molecule has 3 rings (SSSR count). The van der Waals surface area contributed by atoms with E-state index in [1.807, 2.05) is 7.11 Å². The lowest BCUT2D eigenvalue weighted by atomic mass is 10.2. The molecule has 0 unspecified atom stereocenters. The summed E-state index contributed by atoms with van der Waals surface area (Å²) < 4.78 is 5.49. The first-order chi connectivity index (χ1) is 11.8. The summed E-state index contributed by atoms with van der Waals surface area (Å²) in [5, 5.41) is 3.11. The van der Waals surface area contributed by atoms with Crippen LogP contribution in [0.1, 0.15) is 19.8 Å². The van der Waals surface area contributed by atoms with Crippen molar-refractivity contribution in [1.29, 1.82) is 0 Å². The van der Waals surface area contributed by atoms with Crippen molar-refractivity contribution < 1.29 is 4.74 Å². The molecule has 1 fully saturated rings. The van der Waals surface area contributed by atoms with E-state index in [4.69, 9.17) is 4.74 Å². The van der Waals surface area contributed by atoms with Gasteiger partial charge in [0, 0.05) is 19.3 Å². The smallest absolute Gasteiger partial charge is 0.131 e. The van der Waals surface area contributed by atoms with E-state index >= 15 is 0 Å². The van der Waals surface area contributed by atoms with Gasteiger partial charge in [-0.2, -0.15) is 0 Å². The van der Waals surface area contributed by atoms with Gasteiger partial charge in [-0.3, -0.25) is 0 Å². The first-order valence-electron chi connectivity index (χ1n) is 9.14. The maximum absolute atomic E-state index is 5.49. The van der Waals surface area contributed by atoms with Gasteiger partial charge in [0.1, 0.15) is 8.07 Å². The van der Waals surface area contributed by atoms with E-state index in [-0.39, 0.29) is 0 Å². The molecule has 1 saturated heterocycles. The second-order valence-corrected chi connectivity index (χ2v) is 11.2. The highest BCUT2D eigenvalue weighted by Crippen LogP contribution is 2.22. The normalized spacial score (nSPS) is 18.8. The first-order valence-corrected chi connectivity index (χ1v) is 11.6. The summed E-state index contributed by atoms with van der Waals surface area (Å²) in [5.74, 6) is 0. The molecule has 24 heavy (non-hydrogen) atoms. The van der Waals surface area contributed by atoms with Gasteiger partial charge in [-0.15, -0.1) is 0 Å². The third kappa shape index (κ3) is 3.48. The largest absolute Gasteiger partial charge is 0.383 e. The molecule has 1 aliphatic heterocycles. The summed E-state index contributed by atoms with van der Waals surface area (Å²) in [6.07, 6.45) is 3.77. The highest BCUT2D eigenvalue weighted by molar-refractivity contribution is 7.02. The van der Waals surface area contributed by atoms with E-state index < -0.39 is 8.07 Å². The molecule has 0 aliphatic carbocycles. The third-order valence-corrected chi connectivity index (χ3v) is 10.6. The van der Waals surface area contributed by atoms with Gasteiger partial charge in [-0.05, 0) is 19.4 Å². The average Bonchev–Trinajstić information content (AvgIpc) is 3.08. The van der Waals surface area contributed by atoms with Crippen LogP contribution < -0.4 is 10.4 Å². The lowest BCUT2D eigenvalue weighted by Gasteiger charge is -2.38. The van der Waals surface area contributed by atoms with Gasteiger partial charge in [0.25, 0.3) is 0 Å². The van der Waals surface area contributed by atoms with Crippen molar-refractivity contribution >= 4 is 18.4 Å². The zero-order valence-corrected chi connectivity index (χ0v) is 15.9. The molecule has 128 valence electrons. The maximum Gasteiger partial charge on any atom is 0.131 e. The minimum absolute atomic E-state index is 0.584. The van der Waals surface area contributed by atoms with Crippen LogP contribution in [0.25, 0.3) is 0 Å². The Bertz CT molecular complexity index is 577. The Kier molecular flexibility index (Phi) is 5.88. The summed E-state index contributed by atoms with van der Waals surface area (Å²) in [6.45, 7) is 4.45. The van der Waals surface area contributed by atoms with Gasteiger partial charge in [-0.25, -0.2) is 0 Å². The van der Waals surface area contributed by atoms with Crippen LogP contribution in [-0.4, -0.2) is 45.4 Å². The fourth-order valence-corrected chi connectivity index (χ4v) is 8.72. The van der Waals surface area contributed by atoms with Crippen molar-refractivity contribution in [2.75, 3.05) is 26.4 Å².